The quantitative estimate of drug-likeness (QED) is 0.835. The van der Waals surface area contributed by atoms with E-state index < -0.39 is 0 Å². The second-order valence-corrected chi connectivity index (χ2v) is 3.99. The molecule has 0 spiro atoms. The van der Waals surface area contributed by atoms with Crippen LogP contribution in [0, 0.1) is 5.82 Å². The van der Waals surface area contributed by atoms with E-state index in [-0.39, 0.29) is 24.3 Å². The number of allylic oxidation sites excluding steroid dienone is 1. The van der Waals surface area contributed by atoms with Gasteiger partial charge in [0.05, 0.1) is 0 Å². The van der Waals surface area contributed by atoms with Gasteiger partial charge < -0.3 is 5.73 Å². The lowest BCUT2D eigenvalue weighted by molar-refractivity contribution is 0.610. The van der Waals surface area contributed by atoms with Crippen LogP contribution in [-0.4, -0.2) is 0 Å². The zero-order chi connectivity index (χ0) is 10.6. The molecule has 0 aliphatic carbocycles. The van der Waals surface area contributed by atoms with E-state index in [2.05, 4.69) is 22.5 Å². The van der Waals surface area contributed by atoms with Gasteiger partial charge in [0.15, 0.2) is 0 Å². The highest BCUT2D eigenvalue weighted by molar-refractivity contribution is 9.10. The second kappa shape index (κ2) is 6.99. The molecule has 0 heterocycles. The summed E-state index contributed by atoms with van der Waals surface area (Å²) in [4.78, 5) is 0. The SMILES string of the molecule is C=CCC[C@H](N)c1cc(F)ccc1Br.Cl. The van der Waals surface area contributed by atoms with E-state index in [0.717, 1.165) is 22.9 Å². The molecule has 0 radical (unpaired) electrons. The highest BCUT2D eigenvalue weighted by Crippen LogP contribution is 2.25. The van der Waals surface area contributed by atoms with Gasteiger partial charge in [-0.2, -0.15) is 0 Å². The zero-order valence-electron chi connectivity index (χ0n) is 8.25. The molecule has 2 N–H and O–H groups in total. The lowest BCUT2D eigenvalue weighted by atomic mass is 10.0. The number of benzene rings is 1. The Kier molecular flexibility index (Phi) is 6.81. The standard InChI is InChI=1S/C11H13BrFN.ClH/c1-2-3-4-11(14)9-7-8(13)5-6-10(9)12;/h2,5-7,11H,1,3-4,14H2;1H/t11-;/m0./s1. The highest BCUT2D eigenvalue weighted by atomic mass is 79.9. The minimum Gasteiger partial charge on any atom is -0.324 e. The van der Waals surface area contributed by atoms with Crippen molar-refractivity contribution in [3.05, 3.63) is 46.7 Å². The van der Waals surface area contributed by atoms with E-state index in [1.54, 1.807) is 6.07 Å². The summed E-state index contributed by atoms with van der Waals surface area (Å²) in [7, 11) is 0. The van der Waals surface area contributed by atoms with Crippen molar-refractivity contribution in [3.8, 4) is 0 Å². The largest absolute Gasteiger partial charge is 0.324 e. The molecule has 1 rings (SSSR count). The third-order valence-electron chi connectivity index (χ3n) is 2.04. The Morgan fingerprint density at radius 3 is 2.80 bits per heavy atom. The van der Waals surface area contributed by atoms with Gasteiger partial charge >= 0.3 is 0 Å². The Hall–Kier alpha value is -0.380. The van der Waals surface area contributed by atoms with E-state index in [4.69, 9.17) is 5.73 Å². The Morgan fingerprint density at radius 2 is 2.20 bits per heavy atom. The summed E-state index contributed by atoms with van der Waals surface area (Å²) in [5.74, 6) is -0.253. The number of hydrogen-bond acceptors (Lipinski definition) is 1. The van der Waals surface area contributed by atoms with Crippen molar-refractivity contribution in [1.29, 1.82) is 0 Å². The summed E-state index contributed by atoms with van der Waals surface area (Å²) < 4.78 is 13.8. The maximum atomic E-state index is 12.9. The number of halogens is 3. The summed E-state index contributed by atoms with van der Waals surface area (Å²) >= 11 is 3.35. The molecule has 0 aliphatic heterocycles. The van der Waals surface area contributed by atoms with Gasteiger partial charge in [0.2, 0.25) is 0 Å². The van der Waals surface area contributed by atoms with Crippen molar-refractivity contribution >= 4 is 28.3 Å². The first kappa shape index (κ1) is 14.6. The predicted octanol–water partition coefficient (Wildman–Crippen LogP) is 3.98. The molecule has 0 saturated heterocycles. The van der Waals surface area contributed by atoms with Crippen LogP contribution < -0.4 is 5.73 Å². The molecule has 0 aromatic heterocycles. The van der Waals surface area contributed by atoms with Crippen molar-refractivity contribution in [2.75, 3.05) is 0 Å². The summed E-state index contributed by atoms with van der Waals surface area (Å²) in [5.41, 5.74) is 6.72. The van der Waals surface area contributed by atoms with Gasteiger partial charge in [0.1, 0.15) is 5.82 Å². The van der Waals surface area contributed by atoms with E-state index in [9.17, 15) is 4.39 Å². The Balaban J connectivity index is 0.00000196. The van der Waals surface area contributed by atoms with Crippen LogP contribution in [0.2, 0.25) is 0 Å². The minimum absolute atomic E-state index is 0. The first-order valence-electron chi connectivity index (χ1n) is 4.46. The van der Waals surface area contributed by atoms with Crippen LogP contribution in [0.5, 0.6) is 0 Å². The maximum absolute atomic E-state index is 12.9. The first-order chi connectivity index (χ1) is 6.65. The Bertz CT molecular complexity index is 330. The summed E-state index contributed by atoms with van der Waals surface area (Å²) in [5, 5.41) is 0. The lowest BCUT2D eigenvalue weighted by Gasteiger charge is -2.12. The smallest absolute Gasteiger partial charge is 0.123 e. The molecule has 4 heteroatoms. The van der Waals surface area contributed by atoms with Gasteiger partial charge in [-0.25, -0.2) is 4.39 Å². The zero-order valence-corrected chi connectivity index (χ0v) is 10.7. The van der Waals surface area contributed by atoms with E-state index in [1.165, 1.54) is 12.1 Å². The van der Waals surface area contributed by atoms with Crippen molar-refractivity contribution < 1.29 is 4.39 Å². The molecule has 84 valence electrons. The van der Waals surface area contributed by atoms with Crippen LogP contribution >= 0.6 is 28.3 Å². The average Bonchev–Trinajstić information content (AvgIpc) is 2.18. The first-order valence-corrected chi connectivity index (χ1v) is 5.26. The topological polar surface area (TPSA) is 26.0 Å². The van der Waals surface area contributed by atoms with Gasteiger partial charge in [-0.3, -0.25) is 0 Å². The normalized spacial score (nSPS) is 11.7. The number of hydrogen-bond donors (Lipinski definition) is 1. The molecule has 0 bridgehead atoms. The fourth-order valence-corrected chi connectivity index (χ4v) is 1.79. The molecule has 0 fully saturated rings. The molecule has 0 unspecified atom stereocenters. The third kappa shape index (κ3) is 4.33. The van der Waals surface area contributed by atoms with Crippen LogP contribution in [0.25, 0.3) is 0 Å². The monoisotopic (exact) mass is 293 g/mol. The van der Waals surface area contributed by atoms with Crippen molar-refractivity contribution in [2.45, 2.75) is 18.9 Å². The number of rotatable bonds is 4. The molecule has 1 atom stereocenters. The van der Waals surface area contributed by atoms with E-state index in [1.807, 2.05) is 6.08 Å². The van der Waals surface area contributed by atoms with Gasteiger partial charge in [-0.1, -0.05) is 22.0 Å². The Morgan fingerprint density at radius 1 is 1.53 bits per heavy atom. The highest BCUT2D eigenvalue weighted by Gasteiger charge is 2.09. The van der Waals surface area contributed by atoms with Crippen LogP contribution in [0.3, 0.4) is 0 Å². The molecule has 0 aliphatic rings. The van der Waals surface area contributed by atoms with Crippen LogP contribution in [0.4, 0.5) is 4.39 Å². The van der Waals surface area contributed by atoms with Gasteiger partial charge in [0.25, 0.3) is 0 Å². The summed E-state index contributed by atoms with van der Waals surface area (Å²) in [6.07, 6.45) is 3.43. The second-order valence-electron chi connectivity index (χ2n) is 3.14. The fourth-order valence-electron chi connectivity index (χ4n) is 1.25. The van der Waals surface area contributed by atoms with Crippen LogP contribution in [0.15, 0.2) is 35.3 Å². The molecule has 1 aromatic carbocycles. The maximum Gasteiger partial charge on any atom is 0.123 e. The lowest BCUT2D eigenvalue weighted by Crippen LogP contribution is -2.10. The number of nitrogens with two attached hydrogens (primary N) is 1. The van der Waals surface area contributed by atoms with Crippen molar-refractivity contribution in [3.63, 3.8) is 0 Å². The van der Waals surface area contributed by atoms with E-state index >= 15 is 0 Å². The molecule has 1 nitrogen and oxygen atoms in total. The van der Waals surface area contributed by atoms with Crippen LogP contribution in [-0.2, 0) is 0 Å². The fraction of sp³-hybridized carbons (Fsp3) is 0.273. The predicted molar refractivity (Wildman–Crippen MR) is 67.7 cm³/mol. The Labute approximate surface area is 104 Å². The molecule has 0 amide bonds. The molecule has 1 aromatic rings. The molecular weight excluding hydrogens is 280 g/mol. The van der Waals surface area contributed by atoms with Gasteiger partial charge in [0, 0.05) is 10.5 Å². The summed E-state index contributed by atoms with van der Waals surface area (Å²) in [6.45, 7) is 3.62. The molecular formula is C11H14BrClFN. The van der Waals surface area contributed by atoms with Crippen LogP contribution in [0.1, 0.15) is 24.4 Å². The van der Waals surface area contributed by atoms with E-state index in [0.29, 0.717) is 0 Å². The molecule has 0 saturated carbocycles. The minimum atomic E-state index is -0.253. The van der Waals surface area contributed by atoms with Crippen molar-refractivity contribution in [1.82, 2.24) is 0 Å². The molecule has 15 heavy (non-hydrogen) atoms. The van der Waals surface area contributed by atoms with Gasteiger partial charge in [-0.15, -0.1) is 19.0 Å². The van der Waals surface area contributed by atoms with Crippen molar-refractivity contribution in [2.24, 2.45) is 5.73 Å². The average molecular weight is 295 g/mol. The third-order valence-corrected chi connectivity index (χ3v) is 2.76. The van der Waals surface area contributed by atoms with Gasteiger partial charge in [-0.05, 0) is 36.6 Å². The summed E-state index contributed by atoms with van der Waals surface area (Å²) in [6, 6.07) is 4.42.